The fourth-order valence-corrected chi connectivity index (χ4v) is 3.50. The van der Waals surface area contributed by atoms with Gasteiger partial charge in [-0.15, -0.1) is 0 Å². The van der Waals surface area contributed by atoms with Gasteiger partial charge in [0.25, 0.3) is 0 Å². The van der Waals surface area contributed by atoms with Gasteiger partial charge in [0.15, 0.2) is 5.82 Å². The Morgan fingerprint density at radius 1 is 1.00 bits per heavy atom. The second kappa shape index (κ2) is 10.00. The molecule has 1 fully saturated rings. The number of piperidine rings is 1. The SMILES string of the molecule is Nc1c(NC(=O)CCN2CCCCC2)ccc(NCc2ccc(C(F)(F)F)cc2)c1F. The van der Waals surface area contributed by atoms with Crippen molar-refractivity contribution < 1.29 is 22.4 Å². The number of hydrogen-bond acceptors (Lipinski definition) is 4. The maximum Gasteiger partial charge on any atom is 0.416 e. The molecule has 5 nitrogen and oxygen atoms in total. The number of rotatable bonds is 7. The molecule has 0 saturated carbocycles. The second-order valence-electron chi connectivity index (χ2n) is 7.64. The van der Waals surface area contributed by atoms with Crippen LogP contribution in [0.25, 0.3) is 0 Å². The zero-order chi connectivity index (χ0) is 22.4. The zero-order valence-corrected chi connectivity index (χ0v) is 17.1. The van der Waals surface area contributed by atoms with E-state index in [4.69, 9.17) is 5.73 Å². The van der Waals surface area contributed by atoms with Crippen LogP contribution in [0.3, 0.4) is 0 Å². The number of carbonyl (C=O) groups is 1. The van der Waals surface area contributed by atoms with Gasteiger partial charge >= 0.3 is 6.18 Å². The second-order valence-corrected chi connectivity index (χ2v) is 7.64. The highest BCUT2D eigenvalue weighted by molar-refractivity contribution is 5.94. The summed E-state index contributed by atoms with van der Waals surface area (Å²) in [5, 5.41) is 5.47. The van der Waals surface area contributed by atoms with E-state index in [2.05, 4.69) is 15.5 Å². The predicted octanol–water partition coefficient (Wildman–Crippen LogP) is 4.85. The first-order valence-electron chi connectivity index (χ1n) is 10.2. The summed E-state index contributed by atoms with van der Waals surface area (Å²) in [6, 6.07) is 7.55. The van der Waals surface area contributed by atoms with Gasteiger partial charge in [-0.05, 0) is 55.8 Å². The summed E-state index contributed by atoms with van der Waals surface area (Å²) in [6.07, 6.45) is -0.602. The number of nitrogens with two attached hydrogens (primary N) is 1. The molecule has 1 aliphatic rings. The van der Waals surface area contributed by atoms with Crippen molar-refractivity contribution in [3.05, 3.63) is 53.3 Å². The Morgan fingerprint density at radius 3 is 2.29 bits per heavy atom. The van der Waals surface area contributed by atoms with Crippen molar-refractivity contribution in [1.82, 2.24) is 4.90 Å². The van der Waals surface area contributed by atoms with Crippen LogP contribution < -0.4 is 16.4 Å². The Labute approximate surface area is 178 Å². The third kappa shape index (κ3) is 6.33. The summed E-state index contributed by atoms with van der Waals surface area (Å²) in [5.41, 5.74) is 5.76. The summed E-state index contributed by atoms with van der Waals surface area (Å²) in [5.74, 6) is -0.956. The van der Waals surface area contributed by atoms with Crippen LogP contribution in [-0.4, -0.2) is 30.4 Å². The molecule has 0 atom stereocenters. The Kier molecular flexibility index (Phi) is 7.37. The fraction of sp³-hybridized carbons (Fsp3) is 0.409. The molecule has 0 aromatic heterocycles. The Hall–Kier alpha value is -2.81. The zero-order valence-electron chi connectivity index (χ0n) is 17.1. The highest BCUT2D eigenvalue weighted by Gasteiger charge is 2.29. The van der Waals surface area contributed by atoms with Crippen molar-refractivity contribution in [3.63, 3.8) is 0 Å². The molecular weight excluding hydrogens is 412 g/mol. The van der Waals surface area contributed by atoms with E-state index in [9.17, 15) is 22.4 Å². The van der Waals surface area contributed by atoms with E-state index in [1.807, 2.05) is 0 Å². The van der Waals surface area contributed by atoms with Crippen LogP contribution >= 0.6 is 0 Å². The minimum Gasteiger partial charge on any atom is -0.395 e. The normalized spacial score (nSPS) is 15.0. The number of likely N-dealkylation sites (tertiary alicyclic amines) is 1. The van der Waals surface area contributed by atoms with Crippen LogP contribution in [0.1, 0.15) is 36.8 Å². The van der Waals surface area contributed by atoms with Gasteiger partial charge in [0.05, 0.1) is 22.6 Å². The minimum absolute atomic E-state index is 0.101. The molecule has 2 aromatic carbocycles. The first kappa shape index (κ1) is 22.9. The third-order valence-electron chi connectivity index (χ3n) is 5.32. The Bertz CT molecular complexity index is 894. The van der Waals surface area contributed by atoms with E-state index in [0.29, 0.717) is 18.5 Å². The lowest BCUT2D eigenvalue weighted by molar-refractivity contribution is -0.137. The molecule has 31 heavy (non-hydrogen) atoms. The lowest BCUT2D eigenvalue weighted by atomic mass is 10.1. The van der Waals surface area contributed by atoms with Gasteiger partial charge in [0, 0.05) is 19.5 Å². The molecular formula is C22H26F4N4O. The van der Waals surface area contributed by atoms with Gasteiger partial charge in [-0.2, -0.15) is 13.2 Å². The first-order valence-corrected chi connectivity index (χ1v) is 10.2. The minimum atomic E-state index is -4.40. The summed E-state index contributed by atoms with van der Waals surface area (Å²) in [7, 11) is 0. The molecule has 0 radical (unpaired) electrons. The number of amides is 1. The van der Waals surface area contributed by atoms with Crippen LogP contribution in [0.5, 0.6) is 0 Å². The van der Waals surface area contributed by atoms with Crippen molar-refractivity contribution in [2.45, 2.75) is 38.4 Å². The highest BCUT2D eigenvalue weighted by atomic mass is 19.4. The van der Waals surface area contributed by atoms with Crippen molar-refractivity contribution in [2.75, 3.05) is 36.0 Å². The van der Waals surface area contributed by atoms with Gasteiger partial charge in [-0.25, -0.2) is 4.39 Å². The van der Waals surface area contributed by atoms with Gasteiger partial charge in [0.2, 0.25) is 5.91 Å². The summed E-state index contributed by atoms with van der Waals surface area (Å²) in [6.45, 7) is 2.75. The number of nitrogen functional groups attached to an aromatic ring is 1. The van der Waals surface area contributed by atoms with Gasteiger partial charge in [-0.3, -0.25) is 4.79 Å². The molecule has 0 unspecified atom stereocenters. The molecule has 2 aromatic rings. The molecule has 0 bridgehead atoms. The average molecular weight is 438 g/mol. The largest absolute Gasteiger partial charge is 0.416 e. The third-order valence-corrected chi connectivity index (χ3v) is 5.32. The molecule has 0 spiro atoms. The van der Waals surface area contributed by atoms with Crippen LogP contribution in [0.2, 0.25) is 0 Å². The molecule has 3 rings (SSSR count). The molecule has 1 heterocycles. The number of anilines is 3. The molecule has 1 amide bonds. The molecule has 1 saturated heterocycles. The molecule has 1 aliphatic heterocycles. The average Bonchev–Trinajstić information content (AvgIpc) is 2.75. The van der Waals surface area contributed by atoms with Gasteiger partial charge in [-0.1, -0.05) is 18.6 Å². The molecule has 0 aliphatic carbocycles. The van der Waals surface area contributed by atoms with Crippen LogP contribution in [0.4, 0.5) is 34.6 Å². The van der Waals surface area contributed by atoms with E-state index in [0.717, 1.165) is 38.1 Å². The van der Waals surface area contributed by atoms with Crippen LogP contribution in [0.15, 0.2) is 36.4 Å². The standard InChI is InChI=1S/C22H26F4N4O/c23-20-17(28-14-15-4-6-16(7-5-15)22(24,25)26)8-9-18(21(20)27)29-19(31)10-13-30-11-2-1-3-12-30/h4-9,28H,1-3,10-14,27H2,(H,29,31). The lowest BCUT2D eigenvalue weighted by Gasteiger charge is -2.26. The van der Waals surface area contributed by atoms with Crippen molar-refractivity contribution in [3.8, 4) is 0 Å². The molecule has 9 heteroatoms. The smallest absolute Gasteiger partial charge is 0.395 e. The predicted molar refractivity (Wildman–Crippen MR) is 113 cm³/mol. The number of alkyl halides is 3. The van der Waals surface area contributed by atoms with Crippen LogP contribution in [0, 0.1) is 5.82 Å². The number of benzene rings is 2. The monoisotopic (exact) mass is 438 g/mol. The van der Waals surface area contributed by atoms with Crippen LogP contribution in [-0.2, 0) is 17.5 Å². The maximum absolute atomic E-state index is 14.6. The van der Waals surface area contributed by atoms with Crippen molar-refractivity contribution in [1.29, 1.82) is 0 Å². The lowest BCUT2D eigenvalue weighted by Crippen LogP contribution is -2.32. The van der Waals surface area contributed by atoms with Gasteiger partial charge in [0.1, 0.15) is 0 Å². The molecule has 168 valence electrons. The quantitative estimate of drug-likeness (QED) is 0.427. The van der Waals surface area contributed by atoms with E-state index in [1.165, 1.54) is 30.7 Å². The summed E-state index contributed by atoms with van der Waals surface area (Å²) in [4.78, 5) is 14.4. The number of halogens is 4. The van der Waals surface area contributed by atoms with E-state index in [-0.39, 0.29) is 29.5 Å². The summed E-state index contributed by atoms with van der Waals surface area (Å²) >= 11 is 0. The van der Waals surface area contributed by atoms with Crippen molar-refractivity contribution >= 4 is 23.0 Å². The Morgan fingerprint density at radius 2 is 1.65 bits per heavy atom. The molecule has 4 N–H and O–H groups in total. The van der Waals surface area contributed by atoms with E-state index in [1.54, 1.807) is 0 Å². The number of nitrogens with zero attached hydrogens (tertiary/aromatic N) is 1. The van der Waals surface area contributed by atoms with Crippen molar-refractivity contribution in [2.24, 2.45) is 0 Å². The Balaban J connectivity index is 1.55. The first-order chi connectivity index (χ1) is 14.7. The maximum atomic E-state index is 14.6. The highest BCUT2D eigenvalue weighted by Crippen LogP contribution is 2.30. The summed E-state index contributed by atoms with van der Waals surface area (Å²) < 4.78 is 52.5. The van der Waals surface area contributed by atoms with E-state index < -0.39 is 17.6 Å². The number of nitrogens with one attached hydrogen (secondary N) is 2. The topological polar surface area (TPSA) is 70.4 Å². The van der Waals surface area contributed by atoms with Gasteiger partial charge < -0.3 is 21.3 Å². The van der Waals surface area contributed by atoms with E-state index >= 15 is 0 Å². The number of carbonyl (C=O) groups excluding carboxylic acids is 1. The fourth-order valence-electron chi connectivity index (χ4n) is 3.50. The number of hydrogen-bond donors (Lipinski definition) is 3.